The number of Topliss-reactive ketones (excluding diaryl/α,β-unsaturated/α-hetero) is 1. The van der Waals surface area contributed by atoms with Crippen molar-refractivity contribution >= 4 is 97.5 Å². The van der Waals surface area contributed by atoms with Crippen molar-refractivity contribution in [1.29, 1.82) is 0 Å². The summed E-state index contributed by atoms with van der Waals surface area (Å²) in [6.45, 7) is 2.03. The predicted octanol–water partition coefficient (Wildman–Crippen LogP) is 12.2. The summed E-state index contributed by atoms with van der Waals surface area (Å²) in [7, 11) is 3.30. The monoisotopic (exact) mass is 1460 g/mol. The molecule has 12 aliphatic rings. The number of methoxy groups -OCH3 is 2. The van der Waals surface area contributed by atoms with Gasteiger partial charge in [-0.1, -0.05) is 35.3 Å². The number of terminal acetylenes is 1. The number of amides is 1. The van der Waals surface area contributed by atoms with Crippen molar-refractivity contribution in [2.24, 2.45) is 5.73 Å². The first-order chi connectivity index (χ1) is 46.6. The molecule has 1 amide bonds. The number of rotatable bonds is 5. The number of nitrogens with zero attached hydrogens (tertiary/aromatic N) is 4. The molecule has 28 heteroatoms. The van der Waals surface area contributed by atoms with Gasteiger partial charge < -0.3 is 54.3 Å². The summed E-state index contributed by atoms with van der Waals surface area (Å²) < 4.78 is 53.3. The molecule has 6 aromatic rings. The number of pyridine rings is 5. The van der Waals surface area contributed by atoms with Crippen LogP contribution in [-0.2, 0) is 101 Å². The zero-order valence-electron chi connectivity index (χ0n) is 54.0. The van der Waals surface area contributed by atoms with E-state index in [0.717, 1.165) is 160 Å². The number of halogens is 5. The minimum absolute atomic E-state index is 0.00329. The number of nitrogens with two attached hydrogens (primary N) is 2. The normalized spacial score (nSPS) is 20.3. The molecule has 98 heavy (non-hydrogen) atoms. The average Bonchev–Trinajstić information content (AvgIpc) is 1.61. The molecule has 22 nitrogen and oxygen atoms in total. The molecule has 1 saturated heterocycles. The zero-order chi connectivity index (χ0) is 69.8. The van der Waals surface area contributed by atoms with Crippen LogP contribution in [0.2, 0.25) is 10.3 Å². The van der Waals surface area contributed by atoms with E-state index in [1.807, 2.05) is 48.5 Å². The minimum Gasteiger partial charge on any atom is -0.497 e. The average molecular weight is 1460 g/mol. The number of H-pyrrole nitrogens is 1. The Kier molecular flexibility index (Phi) is 21.8. The smallest absolute Gasteiger partial charge is 0.340 e. The van der Waals surface area contributed by atoms with Crippen molar-refractivity contribution in [3.05, 3.63) is 167 Å². The molecule has 518 valence electrons. The fraction of sp³-hybridized carbons (Fsp3) is 0.457. The van der Waals surface area contributed by atoms with Crippen LogP contribution in [0.1, 0.15) is 172 Å². The topological polar surface area (TPSA) is 313 Å². The van der Waals surface area contributed by atoms with E-state index in [0.29, 0.717) is 77.7 Å². The Morgan fingerprint density at radius 1 is 0.571 bits per heavy atom. The summed E-state index contributed by atoms with van der Waals surface area (Å²) in [5.74, 6) is 2.66. The number of ether oxygens (including phenoxy) is 8. The molecule has 5 N–H and O–H groups in total. The number of primary amides is 1. The number of benzene rings is 1. The molecular formula is C70H73Cl5N7O15P. The molecule has 6 spiro atoms. The van der Waals surface area contributed by atoms with E-state index in [-0.39, 0.29) is 57.1 Å². The molecule has 6 saturated carbocycles. The second-order valence-electron chi connectivity index (χ2n) is 26.3. The Labute approximate surface area is 590 Å². The van der Waals surface area contributed by atoms with Crippen LogP contribution in [0.3, 0.4) is 0 Å². The number of aryl methyl sites for hydroxylation is 2. The summed E-state index contributed by atoms with van der Waals surface area (Å²) in [4.78, 5) is 86.8. The highest BCUT2D eigenvalue weighted by molar-refractivity contribution is 8.24. The molecule has 5 aromatic heterocycles. The molecule has 11 heterocycles. The van der Waals surface area contributed by atoms with Crippen molar-refractivity contribution in [3.8, 4) is 23.8 Å². The van der Waals surface area contributed by atoms with Crippen LogP contribution in [0.4, 0.5) is 5.82 Å². The fourth-order valence-electron chi connectivity index (χ4n) is 12.1. The van der Waals surface area contributed by atoms with E-state index in [4.69, 9.17) is 71.8 Å². The van der Waals surface area contributed by atoms with Gasteiger partial charge >= 0.3 is 23.1 Å². The first-order valence-corrected chi connectivity index (χ1v) is 37.3. The third-order valence-corrected chi connectivity index (χ3v) is 19.1. The third kappa shape index (κ3) is 19.4. The summed E-state index contributed by atoms with van der Waals surface area (Å²) in [6, 6.07) is 23.5. The van der Waals surface area contributed by atoms with Crippen molar-refractivity contribution in [3.63, 3.8) is 0 Å². The Bertz CT molecular complexity index is 4140. The number of esters is 3. The molecular weight excluding hydrogens is 1390 g/mol. The second-order valence-corrected chi connectivity index (χ2v) is 33.8. The molecule has 0 unspecified atom stereocenters. The van der Waals surface area contributed by atoms with Crippen LogP contribution in [0.25, 0.3) is 0 Å². The summed E-state index contributed by atoms with van der Waals surface area (Å²) >= 11 is 25.5. The fourth-order valence-corrected chi connectivity index (χ4v) is 12.4. The molecule has 7 fully saturated rings. The maximum absolute atomic E-state index is 12.1. The number of aromatic amines is 1. The number of hydrogen-bond donors (Lipinski definition) is 3. The first-order valence-electron chi connectivity index (χ1n) is 32.2. The van der Waals surface area contributed by atoms with Crippen LogP contribution in [-0.4, -0.2) is 109 Å². The highest BCUT2D eigenvalue weighted by Crippen LogP contribution is 2.61. The Balaban J connectivity index is 0.000000118. The number of ketones is 1. The van der Waals surface area contributed by atoms with Crippen LogP contribution in [0.15, 0.2) is 83.7 Å². The first kappa shape index (κ1) is 72.1. The summed E-state index contributed by atoms with van der Waals surface area (Å²) in [5.41, 5.74) is 20.4. The molecule has 0 bridgehead atoms. The zero-order valence-corrected chi connectivity index (χ0v) is 58.6. The number of hydrogen-bond acceptors (Lipinski definition) is 20. The molecule has 6 aliphatic carbocycles. The van der Waals surface area contributed by atoms with Crippen molar-refractivity contribution < 1.29 is 66.4 Å². The second kappa shape index (κ2) is 29.6. The van der Waals surface area contributed by atoms with Gasteiger partial charge in [-0.15, -0.1) is 6.42 Å². The number of aromatic nitrogens is 5. The lowest BCUT2D eigenvalue weighted by Crippen LogP contribution is -2.30. The van der Waals surface area contributed by atoms with E-state index in [1.165, 1.54) is 18.4 Å². The van der Waals surface area contributed by atoms with Gasteiger partial charge in [-0.2, -0.15) is 0 Å². The summed E-state index contributed by atoms with van der Waals surface area (Å²) in [6.07, 6.45) is 24.0. The minimum atomic E-state index is -3.22. The van der Waals surface area contributed by atoms with Crippen LogP contribution in [0, 0.1) is 12.3 Å². The molecule has 6 aliphatic heterocycles. The molecule has 0 atom stereocenters. The van der Waals surface area contributed by atoms with E-state index in [9.17, 15) is 33.3 Å². The van der Waals surface area contributed by atoms with Gasteiger partial charge in [0.25, 0.3) is 5.91 Å². The lowest BCUT2D eigenvalue weighted by atomic mass is 10.0. The maximum Gasteiger partial charge on any atom is 0.340 e. The van der Waals surface area contributed by atoms with E-state index < -0.39 is 11.1 Å². The highest BCUT2D eigenvalue weighted by Gasteiger charge is 2.54. The van der Waals surface area contributed by atoms with E-state index in [2.05, 4.69) is 65.8 Å². The lowest BCUT2D eigenvalue weighted by molar-refractivity contribution is -0.130. The third-order valence-electron chi connectivity index (χ3n) is 18.7. The van der Waals surface area contributed by atoms with Crippen LogP contribution < -0.4 is 26.5 Å². The Morgan fingerprint density at radius 2 is 1.03 bits per heavy atom. The molecule has 18 rings (SSSR count). The lowest BCUT2D eigenvalue weighted by Gasteiger charge is -2.24. The largest absolute Gasteiger partial charge is 0.497 e. The standard InChI is InChI=1S/C20H21NO4.C10H8ClNO2.C10H10ClNO.C10H10N2O2.C10H11NO2.C7H10O2.C3H3NO.Cl3OP/c1-23-15-7-4-13(18(11-15)24-2)3-5-14-6-8-16-17(21-14)12-20(9-10-20)25-19(16)22;11-8-2-1-6-7(12-8)5-10(3-4-10)14-9(6)13;11-9-2-1-7-6-13-10(3-4-10)5-8(7)12-9;11-8-2-1-6-7(12-8)5-10(3-4-10)14-9(6)13;12-9-2-1-7-6-13-10(3-4-10)5-8(7)11-9;8-6-1-4-9-7(5-6)2-3-7;1-2-3(4)5;1-5(2,3)4/h4,6-8,11H,3,5,9-10,12H2,1-2H3;1-2H,3-5H2;1-2H,3-6H2;1-2H,3-5H2,(H2,11,12);1-2H,3-6H2,(H,11,12);1-5H2;1H,(H2,4,5);. The number of nitrogen functional groups attached to an aromatic ring is 1. The predicted molar refractivity (Wildman–Crippen MR) is 365 cm³/mol. The van der Waals surface area contributed by atoms with Crippen molar-refractivity contribution in [2.75, 3.05) is 26.6 Å². The SMILES string of the molecule is C#CC(N)=O.COc1ccc(CCc2ccc3c(n2)CC2(CC2)OC3=O)c(OC)c1.Clc1ccc2c(n1)CC1(CC1)OC2.Nc1ccc2c(n1)CC1(CC1)OC2=O.O=C1CCOC2(CC2)C1.O=C1OC2(CC2)Cc2nc(Cl)ccc21.O=P(Cl)(Cl)Cl.O=c1ccc2c([nH]1)CC1(CC1)OC2. The van der Waals surface area contributed by atoms with Gasteiger partial charge in [0.2, 0.25) is 5.56 Å². The molecule has 1 aromatic carbocycles. The number of anilines is 1. The van der Waals surface area contributed by atoms with Gasteiger partial charge in [-0.05, 0) is 201 Å². The number of carbonyl (C=O) groups is 5. The van der Waals surface area contributed by atoms with Gasteiger partial charge in [-0.25, -0.2) is 29.3 Å². The van der Waals surface area contributed by atoms with Crippen molar-refractivity contribution in [1.82, 2.24) is 24.9 Å². The Hall–Kier alpha value is -7.16. The van der Waals surface area contributed by atoms with Gasteiger partial charge in [0, 0.05) is 68.5 Å². The maximum atomic E-state index is 12.1. The number of fused-ring (bicyclic) bond motifs is 5. The summed E-state index contributed by atoms with van der Waals surface area (Å²) in [5, 5.41) is -2.19. The number of carbonyl (C=O) groups excluding carboxylic acids is 5. The van der Waals surface area contributed by atoms with E-state index >= 15 is 0 Å². The molecule has 0 radical (unpaired) electrons. The van der Waals surface area contributed by atoms with Gasteiger partial charge in [-0.3, -0.25) is 23.9 Å². The highest BCUT2D eigenvalue weighted by atomic mass is 36.0. The van der Waals surface area contributed by atoms with Crippen molar-refractivity contribution in [2.45, 2.75) is 182 Å². The van der Waals surface area contributed by atoms with Crippen LogP contribution >= 0.6 is 62.1 Å². The number of nitrogens with one attached hydrogen (secondary N) is 1. The quantitative estimate of drug-likeness (QED) is 0.0475. The van der Waals surface area contributed by atoms with Gasteiger partial charge in [0.1, 0.15) is 50.2 Å². The van der Waals surface area contributed by atoms with Gasteiger partial charge in [0.05, 0.1) is 90.3 Å². The van der Waals surface area contributed by atoms with Crippen LogP contribution in [0.5, 0.6) is 11.5 Å². The van der Waals surface area contributed by atoms with E-state index in [1.54, 1.807) is 50.5 Å². The Morgan fingerprint density at radius 3 is 1.54 bits per heavy atom. The van der Waals surface area contributed by atoms with Gasteiger partial charge in [0.15, 0.2) is 0 Å².